The molecule has 0 fully saturated rings. The second-order valence-electron chi connectivity index (χ2n) is 4.99. The molecule has 0 aliphatic heterocycles. The topological polar surface area (TPSA) is 43.8 Å². The molecule has 3 nitrogen and oxygen atoms in total. The maximum Gasteiger partial charge on any atom is 0.140 e. The van der Waals surface area contributed by atoms with Gasteiger partial charge in [-0.1, -0.05) is 6.07 Å². The van der Waals surface area contributed by atoms with Crippen LogP contribution in [0.1, 0.15) is 11.1 Å². The van der Waals surface area contributed by atoms with Crippen LogP contribution >= 0.6 is 0 Å². The highest BCUT2D eigenvalue weighted by Gasteiger charge is 2.12. The molecule has 0 saturated carbocycles. The standard InChI is InChI=1S/C16H17N3/c1-10-4-9-14-15(11(10)2)18-16(19(14)3)12-5-7-13(17)8-6-12/h4-9H,17H2,1-3H3. The van der Waals surface area contributed by atoms with Crippen LogP contribution in [0, 0.1) is 13.8 Å². The quantitative estimate of drug-likeness (QED) is 0.673. The maximum absolute atomic E-state index is 5.73. The van der Waals surface area contributed by atoms with Crippen LogP contribution in [0.5, 0.6) is 0 Å². The first-order valence-corrected chi connectivity index (χ1v) is 6.36. The van der Waals surface area contributed by atoms with E-state index >= 15 is 0 Å². The molecule has 0 aliphatic carbocycles. The van der Waals surface area contributed by atoms with Crippen LogP contribution in [0.25, 0.3) is 22.4 Å². The molecule has 1 heterocycles. The fraction of sp³-hybridized carbons (Fsp3) is 0.188. The summed E-state index contributed by atoms with van der Waals surface area (Å²) in [7, 11) is 2.05. The molecule has 3 aromatic rings. The normalized spacial score (nSPS) is 11.1. The van der Waals surface area contributed by atoms with Gasteiger partial charge < -0.3 is 10.3 Å². The lowest BCUT2D eigenvalue weighted by Crippen LogP contribution is -1.93. The van der Waals surface area contributed by atoms with Crippen molar-refractivity contribution in [1.82, 2.24) is 9.55 Å². The molecular formula is C16H17N3. The van der Waals surface area contributed by atoms with Crippen molar-refractivity contribution < 1.29 is 0 Å². The highest BCUT2D eigenvalue weighted by Crippen LogP contribution is 2.27. The number of nitrogens with two attached hydrogens (primary N) is 1. The van der Waals surface area contributed by atoms with Crippen LogP contribution < -0.4 is 5.73 Å². The number of anilines is 1. The van der Waals surface area contributed by atoms with Crippen LogP contribution in [-0.4, -0.2) is 9.55 Å². The summed E-state index contributed by atoms with van der Waals surface area (Å²) < 4.78 is 2.13. The van der Waals surface area contributed by atoms with Gasteiger partial charge in [-0.05, 0) is 55.3 Å². The van der Waals surface area contributed by atoms with Gasteiger partial charge in [0.1, 0.15) is 5.82 Å². The molecule has 0 spiro atoms. The van der Waals surface area contributed by atoms with Crippen LogP contribution in [0.3, 0.4) is 0 Å². The number of imidazole rings is 1. The number of aromatic nitrogens is 2. The number of hydrogen-bond acceptors (Lipinski definition) is 2. The molecule has 1 aromatic heterocycles. The van der Waals surface area contributed by atoms with E-state index in [4.69, 9.17) is 10.7 Å². The highest BCUT2D eigenvalue weighted by molar-refractivity contribution is 5.84. The Morgan fingerprint density at radius 1 is 1.00 bits per heavy atom. The summed E-state index contributed by atoms with van der Waals surface area (Å²) in [5.74, 6) is 0.976. The lowest BCUT2D eigenvalue weighted by molar-refractivity contribution is 0.959. The summed E-state index contributed by atoms with van der Waals surface area (Å²) in [4.78, 5) is 4.79. The van der Waals surface area contributed by atoms with Crippen molar-refractivity contribution in [2.75, 3.05) is 5.73 Å². The van der Waals surface area contributed by atoms with Gasteiger partial charge in [-0.25, -0.2) is 4.98 Å². The van der Waals surface area contributed by atoms with E-state index in [2.05, 4.69) is 37.6 Å². The fourth-order valence-electron chi connectivity index (χ4n) is 2.38. The zero-order valence-electron chi connectivity index (χ0n) is 11.4. The summed E-state index contributed by atoms with van der Waals surface area (Å²) in [6.07, 6.45) is 0. The fourth-order valence-corrected chi connectivity index (χ4v) is 2.38. The molecule has 0 bridgehead atoms. The van der Waals surface area contributed by atoms with E-state index in [0.717, 1.165) is 28.1 Å². The Morgan fingerprint density at radius 2 is 1.68 bits per heavy atom. The molecule has 0 atom stereocenters. The molecule has 3 heteroatoms. The smallest absolute Gasteiger partial charge is 0.140 e. The Hall–Kier alpha value is -2.29. The van der Waals surface area contributed by atoms with Gasteiger partial charge >= 0.3 is 0 Å². The van der Waals surface area contributed by atoms with Crippen molar-refractivity contribution in [1.29, 1.82) is 0 Å². The first-order valence-electron chi connectivity index (χ1n) is 6.36. The molecule has 0 unspecified atom stereocenters. The predicted molar refractivity (Wildman–Crippen MR) is 80.0 cm³/mol. The molecule has 0 aliphatic rings. The van der Waals surface area contributed by atoms with E-state index in [1.807, 2.05) is 24.3 Å². The second kappa shape index (κ2) is 4.12. The number of aryl methyl sites for hydroxylation is 3. The van der Waals surface area contributed by atoms with E-state index in [9.17, 15) is 0 Å². The minimum Gasteiger partial charge on any atom is -0.399 e. The third-order valence-electron chi connectivity index (χ3n) is 3.75. The van der Waals surface area contributed by atoms with E-state index < -0.39 is 0 Å². The van der Waals surface area contributed by atoms with Crippen molar-refractivity contribution in [3.8, 4) is 11.4 Å². The van der Waals surface area contributed by atoms with Crippen molar-refractivity contribution in [2.24, 2.45) is 7.05 Å². The molecule has 0 radical (unpaired) electrons. The van der Waals surface area contributed by atoms with Crippen LogP contribution in [0.15, 0.2) is 36.4 Å². The molecule has 0 amide bonds. The highest BCUT2D eigenvalue weighted by atomic mass is 15.1. The minimum atomic E-state index is 0.773. The van der Waals surface area contributed by atoms with Gasteiger partial charge in [0, 0.05) is 18.3 Å². The first kappa shape index (κ1) is 11.8. The van der Waals surface area contributed by atoms with Gasteiger partial charge in [0.25, 0.3) is 0 Å². The summed E-state index contributed by atoms with van der Waals surface area (Å²) in [5, 5.41) is 0. The van der Waals surface area contributed by atoms with Crippen LogP contribution in [-0.2, 0) is 7.05 Å². The van der Waals surface area contributed by atoms with Crippen LogP contribution in [0.4, 0.5) is 5.69 Å². The van der Waals surface area contributed by atoms with E-state index in [1.54, 1.807) is 0 Å². The average Bonchev–Trinajstić information content (AvgIpc) is 2.73. The summed E-state index contributed by atoms with van der Waals surface area (Å²) in [5.41, 5.74) is 12.4. The molecule has 0 saturated heterocycles. The third-order valence-corrected chi connectivity index (χ3v) is 3.75. The monoisotopic (exact) mass is 251 g/mol. The molecule has 3 rings (SSSR count). The number of benzene rings is 2. The molecule has 2 aromatic carbocycles. The van der Waals surface area contributed by atoms with E-state index in [-0.39, 0.29) is 0 Å². The Kier molecular flexibility index (Phi) is 2.56. The number of rotatable bonds is 1. The zero-order valence-corrected chi connectivity index (χ0v) is 11.4. The molecular weight excluding hydrogens is 234 g/mol. The van der Waals surface area contributed by atoms with Crippen molar-refractivity contribution >= 4 is 16.7 Å². The second-order valence-corrected chi connectivity index (χ2v) is 4.99. The SMILES string of the molecule is Cc1ccc2c(nc(-c3ccc(N)cc3)n2C)c1C. The van der Waals surface area contributed by atoms with E-state index in [1.165, 1.54) is 11.1 Å². The van der Waals surface area contributed by atoms with Gasteiger partial charge in [-0.3, -0.25) is 0 Å². The van der Waals surface area contributed by atoms with Crippen LogP contribution in [0.2, 0.25) is 0 Å². The van der Waals surface area contributed by atoms with Gasteiger partial charge in [0.2, 0.25) is 0 Å². The molecule has 96 valence electrons. The van der Waals surface area contributed by atoms with Gasteiger partial charge in [-0.15, -0.1) is 0 Å². The minimum absolute atomic E-state index is 0.773. The Bertz CT molecular complexity index is 752. The van der Waals surface area contributed by atoms with Gasteiger partial charge in [-0.2, -0.15) is 0 Å². The zero-order chi connectivity index (χ0) is 13.6. The average molecular weight is 251 g/mol. The number of hydrogen-bond donors (Lipinski definition) is 1. The number of nitrogens with zero attached hydrogens (tertiary/aromatic N) is 2. The van der Waals surface area contributed by atoms with Gasteiger partial charge in [0.05, 0.1) is 11.0 Å². The predicted octanol–water partition coefficient (Wildman–Crippen LogP) is 3.44. The summed E-state index contributed by atoms with van der Waals surface area (Å²) in [6.45, 7) is 4.24. The third kappa shape index (κ3) is 1.78. The lowest BCUT2D eigenvalue weighted by Gasteiger charge is -2.03. The number of fused-ring (bicyclic) bond motifs is 1. The Balaban J connectivity index is 2.28. The lowest BCUT2D eigenvalue weighted by atomic mass is 10.1. The Morgan fingerprint density at radius 3 is 2.37 bits per heavy atom. The first-order chi connectivity index (χ1) is 9.08. The summed E-state index contributed by atoms with van der Waals surface area (Å²) >= 11 is 0. The number of nitrogen functional groups attached to an aromatic ring is 1. The molecule has 2 N–H and O–H groups in total. The Labute approximate surface area is 112 Å². The molecule has 19 heavy (non-hydrogen) atoms. The van der Waals surface area contributed by atoms with Crippen molar-refractivity contribution in [2.45, 2.75) is 13.8 Å². The maximum atomic E-state index is 5.73. The largest absolute Gasteiger partial charge is 0.399 e. The summed E-state index contributed by atoms with van der Waals surface area (Å²) in [6, 6.07) is 12.1. The van der Waals surface area contributed by atoms with Gasteiger partial charge in [0.15, 0.2) is 0 Å². The van der Waals surface area contributed by atoms with Crippen molar-refractivity contribution in [3.05, 3.63) is 47.5 Å². The van der Waals surface area contributed by atoms with Crippen molar-refractivity contribution in [3.63, 3.8) is 0 Å². The van der Waals surface area contributed by atoms with E-state index in [0.29, 0.717) is 0 Å².